The van der Waals surface area contributed by atoms with E-state index >= 15 is 0 Å². The normalized spacial score (nSPS) is 13.2. The molecule has 3 N–H and O–H groups in total. The third-order valence-electron chi connectivity index (χ3n) is 2.54. The fourth-order valence-electron chi connectivity index (χ4n) is 1.45. The molecule has 5 nitrogen and oxygen atoms in total. The number of ether oxygens (including phenoxy) is 1. The van der Waals surface area contributed by atoms with E-state index in [4.69, 9.17) is 10.5 Å². The maximum atomic E-state index is 5.77. The summed E-state index contributed by atoms with van der Waals surface area (Å²) in [6.45, 7) is 9.49. The molecule has 1 rings (SSSR count). The number of hydrogen-bond acceptors (Lipinski definition) is 5. The minimum absolute atomic E-state index is 0.0749. The smallest absolute Gasteiger partial charge is 0.218 e. The van der Waals surface area contributed by atoms with Crippen molar-refractivity contribution in [2.75, 3.05) is 18.5 Å². The maximum absolute atomic E-state index is 5.77. The van der Waals surface area contributed by atoms with Crippen LogP contribution in [0, 0.1) is 5.41 Å². The first kappa shape index (κ1) is 13.7. The summed E-state index contributed by atoms with van der Waals surface area (Å²) in [6, 6.07) is 1.95. The van der Waals surface area contributed by atoms with Crippen molar-refractivity contribution in [2.45, 2.75) is 33.7 Å². The highest BCUT2D eigenvalue weighted by molar-refractivity contribution is 5.38. The van der Waals surface area contributed by atoms with Crippen LogP contribution in [0.15, 0.2) is 12.4 Å². The lowest BCUT2D eigenvalue weighted by molar-refractivity contribution is 0.325. The van der Waals surface area contributed by atoms with Crippen LogP contribution in [0.4, 0.5) is 5.82 Å². The van der Waals surface area contributed by atoms with E-state index < -0.39 is 0 Å². The molecule has 0 aliphatic carbocycles. The van der Waals surface area contributed by atoms with Gasteiger partial charge in [-0.05, 0) is 12.3 Å². The lowest BCUT2D eigenvalue weighted by Crippen LogP contribution is -2.40. The highest BCUT2D eigenvalue weighted by Crippen LogP contribution is 2.22. The molecule has 1 atom stereocenters. The number of nitrogens with zero attached hydrogens (tertiary/aromatic N) is 2. The van der Waals surface area contributed by atoms with Crippen molar-refractivity contribution < 1.29 is 4.74 Å². The molecule has 1 aromatic heterocycles. The van der Waals surface area contributed by atoms with Crippen molar-refractivity contribution in [1.29, 1.82) is 0 Å². The van der Waals surface area contributed by atoms with E-state index in [0.717, 1.165) is 5.82 Å². The van der Waals surface area contributed by atoms with Crippen molar-refractivity contribution in [3.63, 3.8) is 0 Å². The Bertz CT molecular complexity index is 349. The Kier molecular flexibility index (Phi) is 4.69. The minimum Gasteiger partial charge on any atom is -0.478 e. The van der Waals surface area contributed by atoms with E-state index in [1.165, 1.54) is 6.33 Å². The van der Waals surface area contributed by atoms with Gasteiger partial charge in [-0.2, -0.15) is 0 Å². The molecule has 0 spiro atoms. The van der Waals surface area contributed by atoms with Crippen LogP contribution in [0.1, 0.15) is 27.7 Å². The van der Waals surface area contributed by atoms with Crippen molar-refractivity contribution >= 4 is 5.82 Å². The standard InChI is InChI=1S/C12H22N4O/c1-5-17-11-6-10(14-8-15-11)16-9(7-13)12(2,3)4/h6,8-9H,5,7,13H2,1-4H3,(H,14,15,16). The molecule has 0 saturated carbocycles. The molecular formula is C12H22N4O. The average molecular weight is 238 g/mol. The van der Waals surface area contributed by atoms with Gasteiger partial charge in [-0.1, -0.05) is 20.8 Å². The summed E-state index contributed by atoms with van der Waals surface area (Å²) in [5.74, 6) is 1.32. The Balaban J connectivity index is 2.76. The summed E-state index contributed by atoms with van der Waals surface area (Å²) in [5.41, 5.74) is 5.84. The van der Waals surface area contributed by atoms with E-state index in [0.29, 0.717) is 19.0 Å². The number of anilines is 1. The van der Waals surface area contributed by atoms with E-state index in [9.17, 15) is 0 Å². The molecule has 0 amide bonds. The van der Waals surface area contributed by atoms with E-state index in [2.05, 4.69) is 36.1 Å². The summed E-state index contributed by atoms with van der Waals surface area (Å²) in [6.07, 6.45) is 1.49. The van der Waals surface area contributed by atoms with Crippen LogP contribution in [0.5, 0.6) is 5.88 Å². The van der Waals surface area contributed by atoms with Crippen LogP contribution >= 0.6 is 0 Å². The summed E-state index contributed by atoms with van der Waals surface area (Å²) in [7, 11) is 0. The van der Waals surface area contributed by atoms with Crippen molar-refractivity contribution in [3.8, 4) is 5.88 Å². The van der Waals surface area contributed by atoms with Gasteiger partial charge in [0.15, 0.2) is 0 Å². The monoisotopic (exact) mass is 238 g/mol. The summed E-state index contributed by atoms with van der Waals surface area (Å²) < 4.78 is 5.32. The number of hydrogen-bond donors (Lipinski definition) is 2. The average Bonchev–Trinajstić information content (AvgIpc) is 2.25. The van der Waals surface area contributed by atoms with Gasteiger partial charge in [0.1, 0.15) is 12.1 Å². The molecule has 0 aliphatic heterocycles. The molecular weight excluding hydrogens is 216 g/mol. The van der Waals surface area contributed by atoms with Gasteiger partial charge in [0.05, 0.1) is 6.61 Å². The number of nitrogens with two attached hydrogens (primary N) is 1. The first-order valence-electron chi connectivity index (χ1n) is 5.88. The van der Waals surface area contributed by atoms with Gasteiger partial charge in [-0.15, -0.1) is 0 Å². The Morgan fingerprint density at radius 3 is 2.65 bits per heavy atom. The number of rotatable bonds is 5. The summed E-state index contributed by atoms with van der Waals surface area (Å²) >= 11 is 0. The molecule has 1 heterocycles. The quantitative estimate of drug-likeness (QED) is 0.816. The van der Waals surface area contributed by atoms with Crippen molar-refractivity contribution in [3.05, 3.63) is 12.4 Å². The number of nitrogens with one attached hydrogen (secondary N) is 1. The van der Waals surface area contributed by atoms with Crippen LogP contribution in [-0.4, -0.2) is 29.2 Å². The first-order valence-corrected chi connectivity index (χ1v) is 5.88. The second-order valence-electron chi connectivity index (χ2n) is 4.97. The molecule has 0 fully saturated rings. The van der Waals surface area contributed by atoms with Gasteiger partial charge < -0.3 is 15.8 Å². The van der Waals surface area contributed by atoms with Gasteiger partial charge in [-0.3, -0.25) is 0 Å². The fourth-order valence-corrected chi connectivity index (χ4v) is 1.45. The molecule has 0 aromatic carbocycles. The van der Waals surface area contributed by atoms with Crippen LogP contribution in [0.2, 0.25) is 0 Å². The predicted molar refractivity (Wildman–Crippen MR) is 69.1 cm³/mol. The predicted octanol–water partition coefficient (Wildman–Crippen LogP) is 1.66. The summed E-state index contributed by atoms with van der Waals surface area (Å²) in [5, 5.41) is 3.31. The SMILES string of the molecule is CCOc1cc(NC(CN)C(C)(C)C)ncn1. The molecule has 17 heavy (non-hydrogen) atoms. The maximum Gasteiger partial charge on any atom is 0.218 e. The molecule has 5 heteroatoms. The Hall–Kier alpha value is -1.36. The first-order chi connectivity index (χ1) is 7.97. The minimum atomic E-state index is 0.0749. The zero-order chi connectivity index (χ0) is 12.9. The second-order valence-corrected chi connectivity index (χ2v) is 4.97. The van der Waals surface area contributed by atoms with E-state index in [-0.39, 0.29) is 11.5 Å². The van der Waals surface area contributed by atoms with Gasteiger partial charge in [0.25, 0.3) is 0 Å². The zero-order valence-corrected chi connectivity index (χ0v) is 11.0. The third-order valence-corrected chi connectivity index (χ3v) is 2.54. The Morgan fingerprint density at radius 1 is 1.41 bits per heavy atom. The van der Waals surface area contributed by atoms with E-state index in [1.54, 1.807) is 6.07 Å². The third kappa shape index (κ3) is 4.19. The van der Waals surface area contributed by atoms with Crippen LogP contribution in [0.3, 0.4) is 0 Å². The lowest BCUT2D eigenvalue weighted by atomic mass is 9.87. The highest BCUT2D eigenvalue weighted by Gasteiger charge is 2.23. The molecule has 0 bridgehead atoms. The molecule has 0 saturated heterocycles. The van der Waals surface area contributed by atoms with E-state index in [1.807, 2.05) is 6.92 Å². The molecule has 0 aliphatic rings. The highest BCUT2D eigenvalue weighted by atomic mass is 16.5. The van der Waals surface area contributed by atoms with Gasteiger partial charge in [0, 0.05) is 18.7 Å². The van der Waals surface area contributed by atoms with Crippen molar-refractivity contribution in [1.82, 2.24) is 9.97 Å². The summed E-state index contributed by atoms with van der Waals surface area (Å²) in [4.78, 5) is 8.18. The topological polar surface area (TPSA) is 73.1 Å². The van der Waals surface area contributed by atoms with Crippen molar-refractivity contribution in [2.24, 2.45) is 11.1 Å². The molecule has 0 radical (unpaired) electrons. The number of aromatic nitrogens is 2. The van der Waals surface area contributed by atoms with Crippen LogP contribution in [-0.2, 0) is 0 Å². The molecule has 1 aromatic rings. The van der Waals surface area contributed by atoms with Crippen LogP contribution in [0.25, 0.3) is 0 Å². The lowest BCUT2D eigenvalue weighted by Gasteiger charge is -2.30. The molecule has 96 valence electrons. The van der Waals surface area contributed by atoms with Gasteiger partial charge >= 0.3 is 0 Å². The largest absolute Gasteiger partial charge is 0.478 e. The zero-order valence-electron chi connectivity index (χ0n) is 11.0. The fraction of sp³-hybridized carbons (Fsp3) is 0.667. The van der Waals surface area contributed by atoms with Gasteiger partial charge in [0.2, 0.25) is 5.88 Å². The molecule has 1 unspecified atom stereocenters. The Labute approximate surface area is 103 Å². The van der Waals surface area contributed by atoms with Crippen LogP contribution < -0.4 is 15.8 Å². The second kappa shape index (κ2) is 5.82. The Morgan fingerprint density at radius 2 is 2.12 bits per heavy atom. The van der Waals surface area contributed by atoms with Gasteiger partial charge in [-0.25, -0.2) is 9.97 Å².